The Morgan fingerprint density at radius 3 is 2.37 bits per heavy atom. The lowest BCUT2D eigenvalue weighted by atomic mass is 10.2. The fraction of sp³-hybridized carbons (Fsp3) is 0.200. The van der Waals surface area contributed by atoms with Crippen LogP contribution in [0.4, 0.5) is 5.69 Å². The van der Waals surface area contributed by atoms with Gasteiger partial charge in [-0.15, -0.1) is 0 Å². The maximum absolute atomic E-state index is 13.3. The van der Waals surface area contributed by atoms with Crippen molar-refractivity contribution in [3.8, 4) is 0 Å². The molecule has 3 aromatic rings. The molecular weight excluding hydrogens is 451 g/mol. The zero-order valence-corrected chi connectivity index (χ0v) is 18.6. The fourth-order valence-corrected chi connectivity index (χ4v) is 4.71. The van der Waals surface area contributed by atoms with Crippen LogP contribution in [0.3, 0.4) is 0 Å². The van der Waals surface area contributed by atoms with Crippen molar-refractivity contribution in [1.29, 1.82) is 0 Å². The average Bonchev–Trinajstić information content (AvgIpc) is 3.08. The smallest absolute Gasteiger partial charge is 0.340 e. The monoisotopic (exact) mass is 468 g/mol. The molecule has 1 aromatic heterocycles. The van der Waals surface area contributed by atoms with Crippen LogP contribution < -0.4 is 4.31 Å². The highest BCUT2D eigenvalue weighted by Gasteiger charge is 2.32. The maximum Gasteiger partial charge on any atom is 0.340 e. The average molecular weight is 469 g/mol. The first-order valence-electron chi connectivity index (χ1n) is 8.73. The number of rotatable bonds is 5. The lowest BCUT2D eigenvalue weighted by Crippen LogP contribution is -2.44. The molecule has 10 heteroatoms. The van der Waals surface area contributed by atoms with Gasteiger partial charge in [0.05, 0.1) is 40.2 Å². The third kappa shape index (κ3) is 4.03. The highest BCUT2D eigenvalue weighted by Crippen LogP contribution is 2.30. The fourth-order valence-electron chi connectivity index (χ4n) is 3.26. The Hall–Kier alpha value is -2.55. The van der Waals surface area contributed by atoms with Crippen molar-refractivity contribution in [1.82, 2.24) is 4.57 Å². The van der Waals surface area contributed by atoms with Crippen molar-refractivity contribution in [3.05, 3.63) is 64.3 Å². The molecule has 0 aliphatic heterocycles. The number of halogens is 2. The number of para-hydroxylation sites is 1. The van der Waals surface area contributed by atoms with Gasteiger partial charge in [-0.05, 0) is 31.2 Å². The number of hydrogen-bond acceptors (Lipinski definition) is 5. The number of nitrogens with zero attached hydrogens (tertiary/aromatic N) is 2. The molecule has 0 amide bonds. The van der Waals surface area contributed by atoms with Crippen molar-refractivity contribution < 1.29 is 22.7 Å². The molecule has 30 heavy (non-hydrogen) atoms. The maximum atomic E-state index is 13.3. The molecule has 0 unspecified atom stereocenters. The molecule has 0 spiro atoms. The van der Waals surface area contributed by atoms with Crippen molar-refractivity contribution >= 4 is 61.7 Å². The molecular formula is C20H18Cl2N2O5S. The van der Waals surface area contributed by atoms with Gasteiger partial charge in [0, 0.05) is 11.6 Å². The number of benzene rings is 2. The second-order valence-electron chi connectivity index (χ2n) is 6.59. The summed E-state index contributed by atoms with van der Waals surface area (Å²) in [5.74, 6) is -1.16. The summed E-state index contributed by atoms with van der Waals surface area (Å²) < 4.78 is 32.1. The van der Waals surface area contributed by atoms with Crippen LogP contribution in [0.25, 0.3) is 10.9 Å². The molecule has 0 aliphatic rings. The summed E-state index contributed by atoms with van der Waals surface area (Å²) in [5, 5.41) is 0.930. The SMILES string of the molecule is COC(=O)c1cn(C(=O)[C@H](C)N(c2ccc(Cl)c(Cl)c2)S(C)(=O)=O)c2ccccc12. The predicted molar refractivity (Wildman–Crippen MR) is 117 cm³/mol. The van der Waals surface area contributed by atoms with Crippen LogP contribution in [-0.4, -0.2) is 44.3 Å². The third-order valence-electron chi connectivity index (χ3n) is 4.58. The number of esters is 1. The Balaban J connectivity index is 2.13. The van der Waals surface area contributed by atoms with Crippen LogP contribution in [0.5, 0.6) is 0 Å². The molecule has 0 aliphatic carbocycles. The Labute approximate surface area is 183 Å². The molecule has 0 bridgehead atoms. The molecule has 0 radical (unpaired) electrons. The van der Waals surface area contributed by atoms with Gasteiger partial charge in [-0.25, -0.2) is 13.2 Å². The van der Waals surface area contributed by atoms with E-state index in [1.54, 1.807) is 24.3 Å². The number of anilines is 1. The first-order chi connectivity index (χ1) is 14.1. The molecule has 158 valence electrons. The number of carbonyl (C=O) groups excluding carboxylic acids is 2. The zero-order chi connectivity index (χ0) is 22.2. The Morgan fingerprint density at radius 2 is 1.77 bits per heavy atom. The first-order valence-corrected chi connectivity index (χ1v) is 11.3. The molecule has 1 atom stereocenters. The molecule has 0 N–H and O–H groups in total. The summed E-state index contributed by atoms with van der Waals surface area (Å²) in [7, 11) is -2.62. The quantitative estimate of drug-likeness (QED) is 0.522. The van der Waals surface area contributed by atoms with E-state index in [1.165, 1.54) is 43.0 Å². The Kier molecular flexibility index (Phi) is 6.12. The van der Waals surface area contributed by atoms with E-state index >= 15 is 0 Å². The molecule has 0 fully saturated rings. The minimum Gasteiger partial charge on any atom is -0.465 e. The Bertz CT molecular complexity index is 1250. The van der Waals surface area contributed by atoms with Crippen LogP contribution in [0.2, 0.25) is 10.0 Å². The van der Waals surface area contributed by atoms with Gasteiger partial charge in [0.1, 0.15) is 6.04 Å². The topological polar surface area (TPSA) is 85.7 Å². The zero-order valence-electron chi connectivity index (χ0n) is 16.3. The van der Waals surface area contributed by atoms with Crippen LogP contribution in [0.15, 0.2) is 48.7 Å². The second kappa shape index (κ2) is 8.29. The van der Waals surface area contributed by atoms with E-state index in [-0.39, 0.29) is 21.3 Å². The molecule has 2 aromatic carbocycles. The number of ether oxygens (including phenoxy) is 1. The van der Waals surface area contributed by atoms with E-state index in [9.17, 15) is 18.0 Å². The normalized spacial score (nSPS) is 12.6. The van der Waals surface area contributed by atoms with E-state index in [0.717, 1.165) is 10.6 Å². The summed E-state index contributed by atoms with van der Waals surface area (Å²) in [6, 6.07) is 9.94. The van der Waals surface area contributed by atoms with E-state index in [1.807, 2.05) is 0 Å². The van der Waals surface area contributed by atoms with Gasteiger partial charge in [0.15, 0.2) is 0 Å². The first kappa shape index (κ1) is 22.1. The largest absolute Gasteiger partial charge is 0.465 e. The van der Waals surface area contributed by atoms with Crippen molar-refractivity contribution in [2.45, 2.75) is 13.0 Å². The molecule has 1 heterocycles. The van der Waals surface area contributed by atoms with E-state index in [4.69, 9.17) is 27.9 Å². The van der Waals surface area contributed by atoms with Crippen molar-refractivity contribution in [2.24, 2.45) is 0 Å². The second-order valence-corrected chi connectivity index (χ2v) is 9.27. The number of aromatic nitrogens is 1. The number of carbonyl (C=O) groups is 2. The van der Waals surface area contributed by atoms with E-state index in [0.29, 0.717) is 10.9 Å². The van der Waals surface area contributed by atoms with Gasteiger partial charge in [-0.3, -0.25) is 13.7 Å². The Morgan fingerprint density at radius 1 is 1.10 bits per heavy atom. The van der Waals surface area contributed by atoms with Gasteiger partial charge in [0.2, 0.25) is 10.0 Å². The minimum absolute atomic E-state index is 0.154. The molecule has 0 saturated heterocycles. The van der Waals surface area contributed by atoms with Gasteiger partial charge in [-0.2, -0.15) is 0 Å². The van der Waals surface area contributed by atoms with E-state index < -0.39 is 27.9 Å². The molecule has 3 rings (SSSR count). The van der Waals surface area contributed by atoms with Gasteiger partial charge >= 0.3 is 5.97 Å². The highest BCUT2D eigenvalue weighted by atomic mass is 35.5. The molecule has 7 nitrogen and oxygen atoms in total. The van der Waals surface area contributed by atoms with Crippen LogP contribution in [-0.2, 0) is 14.8 Å². The predicted octanol–water partition coefficient (Wildman–Crippen LogP) is 4.23. The van der Waals surface area contributed by atoms with Gasteiger partial charge in [0.25, 0.3) is 5.91 Å². The van der Waals surface area contributed by atoms with Gasteiger partial charge in [-0.1, -0.05) is 41.4 Å². The van der Waals surface area contributed by atoms with E-state index in [2.05, 4.69) is 0 Å². The lowest BCUT2D eigenvalue weighted by Gasteiger charge is -2.28. The number of sulfonamides is 1. The minimum atomic E-state index is -3.86. The third-order valence-corrected chi connectivity index (χ3v) is 6.56. The lowest BCUT2D eigenvalue weighted by molar-refractivity contribution is 0.0603. The highest BCUT2D eigenvalue weighted by molar-refractivity contribution is 7.92. The standard InChI is InChI=1S/C20H18Cl2N2O5S/c1-12(24(30(3,27)28)13-8-9-16(21)17(22)10-13)19(25)23-11-15(20(26)29-2)14-6-4-5-7-18(14)23/h4-12H,1-3H3/t12-/m0/s1. The number of fused-ring (bicyclic) bond motifs is 1. The van der Waals surface area contributed by atoms with Crippen LogP contribution in [0, 0.1) is 0 Å². The summed E-state index contributed by atoms with van der Waals surface area (Å²) in [4.78, 5) is 25.5. The van der Waals surface area contributed by atoms with Crippen LogP contribution in [0.1, 0.15) is 22.1 Å². The van der Waals surface area contributed by atoms with Crippen molar-refractivity contribution in [2.75, 3.05) is 17.7 Å². The number of hydrogen-bond donors (Lipinski definition) is 0. The summed E-state index contributed by atoms with van der Waals surface area (Å²) in [6.45, 7) is 1.46. The summed E-state index contributed by atoms with van der Waals surface area (Å²) in [5.41, 5.74) is 0.851. The summed E-state index contributed by atoms with van der Waals surface area (Å²) >= 11 is 12.0. The van der Waals surface area contributed by atoms with Crippen molar-refractivity contribution in [3.63, 3.8) is 0 Å². The molecule has 0 saturated carbocycles. The summed E-state index contributed by atoms with van der Waals surface area (Å²) in [6.07, 6.45) is 2.34. The van der Waals surface area contributed by atoms with Gasteiger partial charge < -0.3 is 4.74 Å². The number of methoxy groups -OCH3 is 1. The van der Waals surface area contributed by atoms with Crippen LogP contribution >= 0.6 is 23.2 Å².